The average molecular weight is 214 g/mol. The van der Waals surface area contributed by atoms with Crippen molar-refractivity contribution in [1.82, 2.24) is 5.32 Å². The van der Waals surface area contributed by atoms with Crippen LogP contribution in [0.3, 0.4) is 0 Å². The van der Waals surface area contributed by atoms with Gasteiger partial charge in [0, 0.05) is 0 Å². The maximum atomic E-state index is 10.3. The van der Waals surface area contributed by atoms with E-state index in [2.05, 4.69) is 5.32 Å². The SMILES string of the molecule is Cl.OC1(c2ccccc2)CCNCC1. The minimum Gasteiger partial charge on any atom is -0.385 e. The molecule has 2 rings (SSSR count). The summed E-state index contributed by atoms with van der Waals surface area (Å²) in [6.07, 6.45) is 1.63. The van der Waals surface area contributed by atoms with E-state index < -0.39 is 5.60 Å². The lowest BCUT2D eigenvalue weighted by atomic mass is 9.85. The third-order valence-corrected chi connectivity index (χ3v) is 2.74. The molecule has 2 nitrogen and oxygen atoms in total. The minimum absolute atomic E-state index is 0. The first-order chi connectivity index (χ1) is 6.31. The number of hydrogen-bond acceptors (Lipinski definition) is 2. The smallest absolute Gasteiger partial charge is 0.0920 e. The van der Waals surface area contributed by atoms with Crippen LogP contribution < -0.4 is 5.32 Å². The molecule has 14 heavy (non-hydrogen) atoms. The van der Waals surface area contributed by atoms with Gasteiger partial charge in [-0.3, -0.25) is 0 Å². The lowest BCUT2D eigenvalue weighted by molar-refractivity contribution is 0.00594. The predicted octanol–water partition coefficient (Wildman–Crippen LogP) is 1.68. The molecule has 1 saturated heterocycles. The first-order valence-corrected chi connectivity index (χ1v) is 4.80. The van der Waals surface area contributed by atoms with Gasteiger partial charge in [0.25, 0.3) is 0 Å². The number of rotatable bonds is 1. The monoisotopic (exact) mass is 213 g/mol. The third kappa shape index (κ3) is 2.27. The Morgan fingerprint density at radius 3 is 2.21 bits per heavy atom. The lowest BCUT2D eigenvalue weighted by Gasteiger charge is -2.32. The van der Waals surface area contributed by atoms with Crippen molar-refractivity contribution in [1.29, 1.82) is 0 Å². The third-order valence-electron chi connectivity index (χ3n) is 2.74. The van der Waals surface area contributed by atoms with E-state index in [4.69, 9.17) is 0 Å². The zero-order chi connectivity index (χ0) is 9.15. The second-order valence-electron chi connectivity index (χ2n) is 3.65. The number of hydrogen-bond donors (Lipinski definition) is 2. The maximum absolute atomic E-state index is 10.3. The van der Waals surface area contributed by atoms with Crippen LogP contribution in [0.2, 0.25) is 0 Å². The van der Waals surface area contributed by atoms with E-state index >= 15 is 0 Å². The quantitative estimate of drug-likeness (QED) is 0.744. The van der Waals surface area contributed by atoms with Gasteiger partial charge in [0.15, 0.2) is 0 Å². The van der Waals surface area contributed by atoms with Crippen molar-refractivity contribution in [2.45, 2.75) is 18.4 Å². The summed E-state index contributed by atoms with van der Waals surface area (Å²) in [5, 5.41) is 13.6. The van der Waals surface area contributed by atoms with Crippen molar-refractivity contribution in [3.8, 4) is 0 Å². The van der Waals surface area contributed by atoms with Gasteiger partial charge in [0.05, 0.1) is 5.60 Å². The molecule has 3 heteroatoms. The largest absolute Gasteiger partial charge is 0.385 e. The van der Waals surface area contributed by atoms with Gasteiger partial charge in [0.1, 0.15) is 0 Å². The van der Waals surface area contributed by atoms with Crippen LogP contribution in [0.15, 0.2) is 30.3 Å². The zero-order valence-electron chi connectivity index (χ0n) is 8.07. The highest BCUT2D eigenvalue weighted by Gasteiger charge is 2.30. The molecule has 0 aromatic heterocycles. The Hall–Kier alpha value is -0.570. The minimum atomic E-state index is -0.591. The number of aliphatic hydroxyl groups is 1. The van der Waals surface area contributed by atoms with E-state index in [0.29, 0.717) is 0 Å². The van der Waals surface area contributed by atoms with E-state index in [1.165, 1.54) is 0 Å². The molecule has 0 radical (unpaired) electrons. The van der Waals surface area contributed by atoms with Crippen LogP contribution in [0.5, 0.6) is 0 Å². The molecule has 1 aromatic rings. The molecule has 0 spiro atoms. The van der Waals surface area contributed by atoms with Crippen LogP contribution >= 0.6 is 12.4 Å². The van der Waals surface area contributed by atoms with Crippen molar-refractivity contribution in [3.05, 3.63) is 35.9 Å². The number of nitrogens with one attached hydrogen (secondary N) is 1. The van der Waals surface area contributed by atoms with Crippen molar-refractivity contribution in [2.24, 2.45) is 0 Å². The Morgan fingerprint density at radius 1 is 1.07 bits per heavy atom. The molecule has 2 N–H and O–H groups in total. The van der Waals surface area contributed by atoms with Crippen molar-refractivity contribution in [3.63, 3.8) is 0 Å². The van der Waals surface area contributed by atoms with Crippen LogP contribution in [-0.2, 0) is 5.60 Å². The topological polar surface area (TPSA) is 32.3 Å². The Balaban J connectivity index is 0.000000980. The molecule has 0 atom stereocenters. The summed E-state index contributed by atoms with van der Waals surface area (Å²) < 4.78 is 0. The van der Waals surface area contributed by atoms with Crippen LogP contribution in [0.1, 0.15) is 18.4 Å². The molecule has 78 valence electrons. The fraction of sp³-hybridized carbons (Fsp3) is 0.455. The van der Waals surface area contributed by atoms with Gasteiger partial charge >= 0.3 is 0 Å². The molecule has 1 aliphatic rings. The Kier molecular flexibility index (Phi) is 3.93. The number of piperidine rings is 1. The molecule has 1 heterocycles. The fourth-order valence-corrected chi connectivity index (χ4v) is 1.88. The van der Waals surface area contributed by atoms with E-state index in [-0.39, 0.29) is 12.4 Å². The van der Waals surface area contributed by atoms with Gasteiger partial charge in [-0.15, -0.1) is 12.4 Å². The Labute approximate surface area is 90.7 Å². The average Bonchev–Trinajstić information content (AvgIpc) is 2.20. The lowest BCUT2D eigenvalue weighted by Crippen LogP contribution is -2.39. The second-order valence-corrected chi connectivity index (χ2v) is 3.65. The summed E-state index contributed by atoms with van der Waals surface area (Å²) in [7, 11) is 0. The number of halogens is 1. The summed E-state index contributed by atoms with van der Waals surface area (Å²) in [6, 6.07) is 9.95. The summed E-state index contributed by atoms with van der Waals surface area (Å²) in [5.41, 5.74) is 0.462. The standard InChI is InChI=1S/C11H15NO.ClH/c13-11(6-8-12-9-7-11)10-4-2-1-3-5-10;/h1-5,12-13H,6-9H2;1H. The molecular formula is C11H16ClNO. The van der Waals surface area contributed by atoms with Gasteiger partial charge in [-0.1, -0.05) is 30.3 Å². The highest BCUT2D eigenvalue weighted by atomic mass is 35.5. The predicted molar refractivity (Wildman–Crippen MR) is 59.7 cm³/mol. The van der Waals surface area contributed by atoms with Crippen LogP contribution in [0.4, 0.5) is 0 Å². The van der Waals surface area contributed by atoms with Crippen LogP contribution in [0, 0.1) is 0 Å². The normalized spacial score (nSPS) is 19.8. The van der Waals surface area contributed by atoms with Crippen LogP contribution in [-0.4, -0.2) is 18.2 Å². The molecular weight excluding hydrogens is 198 g/mol. The van der Waals surface area contributed by atoms with E-state index in [1.807, 2.05) is 30.3 Å². The van der Waals surface area contributed by atoms with Gasteiger partial charge in [-0.25, -0.2) is 0 Å². The molecule has 1 aliphatic heterocycles. The highest BCUT2D eigenvalue weighted by molar-refractivity contribution is 5.85. The second kappa shape index (κ2) is 4.78. The molecule has 1 aromatic carbocycles. The van der Waals surface area contributed by atoms with Crippen molar-refractivity contribution in [2.75, 3.05) is 13.1 Å². The maximum Gasteiger partial charge on any atom is 0.0920 e. The fourth-order valence-electron chi connectivity index (χ4n) is 1.88. The van der Waals surface area contributed by atoms with E-state index in [0.717, 1.165) is 31.5 Å². The highest BCUT2D eigenvalue weighted by Crippen LogP contribution is 2.29. The zero-order valence-corrected chi connectivity index (χ0v) is 8.89. The summed E-state index contributed by atoms with van der Waals surface area (Å²) in [6.45, 7) is 1.82. The van der Waals surface area contributed by atoms with Crippen molar-refractivity contribution >= 4 is 12.4 Å². The van der Waals surface area contributed by atoms with E-state index in [1.54, 1.807) is 0 Å². The number of benzene rings is 1. The molecule has 0 bridgehead atoms. The van der Waals surface area contributed by atoms with Crippen LogP contribution in [0.25, 0.3) is 0 Å². The summed E-state index contributed by atoms with van der Waals surface area (Å²) in [5.74, 6) is 0. The molecule has 0 aliphatic carbocycles. The van der Waals surface area contributed by atoms with E-state index in [9.17, 15) is 5.11 Å². The van der Waals surface area contributed by atoms with Crippen molar-refractivity contribution < 1.29 is 5.11 Å². The Bertz CT molecular complexity index is 270. The van der Waals surface area contributed by atoms with Gasteiger partial charge in [-0.05, 0) is 31.5 Å². The molecule has 0 saturated carbocycles. The summed E-state index contributed by atoms with van der Waals surface area (Å²) in [4.78, 5) is 0. The molecule has 0 amide bonds. The molecule has 1 fully saturated rings. The first kappa shape index (κ1) is 11.5. The molecule has 0 unspecified atom stereocenters. The van der Waals surface area contributed by atoms with Gasteiger partial charge in [-0.2, -0.15) is 0 Å². The van der Waals surface area contributed by atoms with Gasteiger partial charge < -0.3 is 10.4 Å². The van der Waals surface area contributed by atoms with Gasteiger partial charge in [0.2, 0.25) is 0 Å². The first-order valence-electron chi connectivity index (χ1n) is 4.80. The summed E-state index contributed by atoms with van der Waals surface area (Å²) >= 11 is 0. The Morgan fingerprint density at radius 2 is 1.64 bits per heavy atom.